The van der Waals surface area contributed by atoms with Gasteiger partial charge in [0.25, 0.3) is 0 Å². The number of amidine groups is 1. The van der Waals surface area contributed by atoms with Gasteiger partial charge >= 0.3 is 0 Å². The van der Waals surface area contributed by atoms with Gasteiger partial charge in [0.2, 0.25) is 0 Å². The van der Waals surface area contributed by atoms with Crippen molar-refractivity contribution in [2.75, 3.05) is 20.1 Å². The minimum absolute atomic E-state index is 0.123. The van der Waals surface area contributed by atoms with Crippen molar-refractivity contribution >= 4 is 12.1 Å². The van der Waals surface area contributed by atoms with Gasteiger partial charge in [-0.15, -0.1) is 0 Å². The lowest BCUT2D eigenvalue weighted by Gasteiger charge is -2.39. The Morgan fingerprint density at radius 3 is 2.41 bits per heavy atom. The van der Waals surface area contributed by atoms with Gasteiger partial charge in [0.1, 0.15) is 0 Å². The summed E-state index contributed by atoms with van der Waals surface area (Å²) in [5, 5.41) is 12.7. The summed E-state index contributed by atoms with van der Waals surface area (Å²) in [6, 6.07) is 0. The summed E-state index contributed by atoms with van der Waals surface area (Å²) >= 11 is 0. The lowest BCUT2D eigenvalue weighted by atomic mass is 9.77. The first-order chi connectivity index (χ1) is 10.6. The molecule has 1 spiro atoms. The summed E-state index contributed by atoms with van der Waals surface area (Å²) in [6.07, 6.45) is 7.47. The van der Waals surface area contributed by atoms with Crippen LogP contribution in [0.15, 0.2) is 16.9 Å². The summed E-state index contributed by atoms with van der Waals surface area (Å²) in [7, 11) is 1.83. The van der Waals surface area contributed by atoms with Crippen LogP contribution in [0.1, 0.15) is 52.9 Å². The van der Waals surface area contributed by atoms with Crippen LogP contribution in [0, 0.1) is 5.41 Å². The van der Waals surface area contributed by atoms with Crippen molar-refractivity contribution in [2.24, 2.45) is 10.4 Å². The smallest absolute Gasteiger partial charge is 0.185 e. The number of aldehydes is 1. The van der Waals surface area contributed by atoms with E-state index in [-0.39, 0.29) is 6.10 Å². The topological polar surface area (TPSA) is 64.9 Å². The van der Waals surface area contributed by atoms with Crippen molar-refractivity contribution in [3.8, 4) is 0 Å². The molecule has 0 amide bonds. The maximum atomic E-state index is 11.2. The summed E-state index contributed by atoms with van der Waals surface area (Å²) in [6.45, 7) is 7.63. The summed E-state index contributed by atoms with van der Waals surface area (Å²) in [4.78, 5) is 17.5. The first-order valence-electron chi connectivity index (χ1n) is 8.39. The minimum atomic E-state index is -0.123. The van der Waals surface area contributed by atoms with Crippen molar-refractivity contribution in [3.63, 3.8) is 0 Å². The monoisotopic (exact) mass is 309 g/mol. The van der Waals surface area contributed by atoms with Crippen molar-refractivity contribution in [3.05, 3.63) is 11.9 Å². The second-order valence-electron chi connectivity index (χ2n) is 6.05. The Hall–Kier alpha value is -1.36. The Labute approximate surface area is 134 Å². The lowest BCUT2D eigenvalue weighted by Crippen LogP contribution is -2.43. The number of piperidine rings is 1. The van der Waals surface area contributed by atoms with Gasteiger partial charge in [-0.05, 0) is 44.4 Å². The van der Waals surface area contributed by atoms with Crippen LogP contribution in [-0.2, 0) is 4.79 Å². The Balaban J connectivity index is 0.00000116. The molecule has 126 valence electrons. The highest BCUT2D eigenvalue weighted by Crippen LogP contribution is 2.46. The van der Waals surface area contributed by atoms with Crippen LogP contribution >= 0.6 is 0 Å². The van der Waals surface area contributed by atoms with Crippen LogP contribution in [0.2, 0.25) is 0 Å². The normalized spacial score (nSPS) is 24.8. The quantitative estimate of drug-likeness (QED) is 0.477. The largest absolute Gasteiger partial charge is 0.393 e. The fourth-order valence-electron chi connectivity index (χ4n) is 3.26. The molecule has 1 heterocycles. The zero-order valence-electron chi connectivity index (χ0n) is 14.4. The number of hydrogen-bond acceptors (Lipinski definition) is 4. The number of hydrogen-bond donors (Lipinski definition) is 2. The van der Waals surface area contributed by atoms with E-state index in [1.807, 2.05) is 27.8 Å². The number of nitrogens with one attached hydrogen (secondary N) is 1. The van der Waals surface area contributed by atoms with Crippen LogP contribution in [0.3, 0.4) is 0 Å². The zero-order valence-corrected chi connectivity index (χ0v) is 14.4. The van der Waals surface area contributed by atoms with Crippen molar-refractivity contribution in [1.29, 1.82) is 0 Å². The number of rotatable bonds is 3. The number of aliphatic hydroxyl groups excluding tert-OH is 1. The number of aliphatic imine (C=N–C) groups is 1. The minimum Gasteiger partial charge on any atom is -0.393 e. The molecule has 1 aliphatic heterocycles. The van der Waals surface area contributed by atoms with E-state index in [0.29, 0.717) is 11.3 Å². The molecular weight excluding hydrogens is 278 g/mol. The van der Waals surface area contributed by atoms with Gasteiger partial charge in [0, 0.05) is 32.0 Å². The third kappa shape index (κ3) is 4.83. The molecule has 22 heavy (non-hydrogen) atoms. The average Bonchev–Trinajstić information content (AvgIpc) is 2.92. The maximum absolute atomic E-state index is 11.2. The molecule has 2 aliphatic rings. The van der Waals surface area contributed by atoms with Gasteiger partial charge in [0.05, 0.1) is 6.10 Å². The first kappa shape index (κ1) is 18.7. The molecule has 2 N–H and O–H groups in total. The fraction of sp³-hybridized carbons (Fsp3) is 0.765. The number of aliphatic hydroxyl groups is 1. The van der Waals surface area contributed by atoms with Crippen LogP contribution < -0.4 is 5.32 Å². The Morgan fingerprint density at radius 2 is 1.95 bits per heavy atom. The Morgan fingerprint density at radius 1 is 1.32 bits per heavy atom. The number of carbonyl (C=O) groups excluding carboxylic acids is 1. The van der Waals surface area contributed by atoms with E-state index >= 15 is 0 Å². The van der Waals surface area contributed by atoms with Crippen LogP contribution in [0.4, 0.5) is 0 Å². The molecule has 1 saturated carbocycles. The van der Waals surface area contributed by atoms with Gasteiger partial charge in [-0.25, -0.2) is 4.99 Å². The highest BCUT2D eigenvalue weighted by Gasteiger charge is 2.41. The van der Waals surface area contributed by atoms with Gasteiger partial charge < -0.3 is 15.3 Å². The first-order valence-corrected chi connectivity index (χ1v) is 8.39. The summed E-state index contributed by atoms with van der Waals surface area (Å²) in [5.74, 6) is 0.507. The molecular formula is C17H31N3O2. The van der Waals surface area contributed by atoms with E-state index in [9.17, 15) is 9.90 Å². The molecule has 1 aliphatic carbocycles. The van der Waals surface area contributed by atoms with Crippen LogP contribution in [0.5, 0.6) is 0 Å². The van der Waals surface area contributed by atoms with E-state index in [0.717, 1.165) is 57.2 Å². The summed E-state index contributed by atoms with van der Waals surface area (Å²) in [5.41, 5.74) is 1.23. The van der Waals surface area contributed by atoms with E-state index in [1.54, 1.807) is 6.20 Å². The highest BCUT2D eigenvalue weighted by molar-refractivity contribution is 6.27. The molecule has 0 aromatic carbocycles. The summed E-state index contributed by atoms with van der Waals surface area (Å²) < 4.78 is 0. The molecule has 0 radical (unpaired) electrons. The van der Waals surface area contributed by atoms with Gasteiger partial charge in [-0.2, -0.15) is 0 Å². The third-order valence-electron chi connectivity index (χ3n) is 4.71. The third-order valence-corrected chi connectivity index (χ3v) is 4.71. The molecule has 5 heteroatoms. The molecule has 0 aromatic heterocycles. The van der Waals surface area contributed by atoms with Gasteiger partial charge in [-0.1, -0.05) is 13.8 Å². The van der Waals surface area contributed by atoms with Gasteiger partial charge in [-0.3, -0.25) is 4.79 Å². The Bertz CT molecular complexity index is 410. The molecule has 1 atom stereocenters. The molecule has 1 unspecified atom stereocenters. The van der Waals surface area contributed by atoms with Crippen LogP contribution in [-0.4, -0.2) is 48.4 Å². The second-order valence-corrected chi connectivity index (χ2v) is 6.05. The average molecular weight is 309 g/mol. The predicted octanol–water partition coefficient (Wildman–Crippen LogP) is 2.32. The number of likely N-dealkylation sites (tertiary alicyclic amines) is 1. The molecule has 0 bridgehead atoms. The van der Waals surface area contributed by atoms with E-state index in [2.05, 4.69) is 15.2 Å². The number of nitrogens with zero attached hydrogens (tertiary/aromatic N) is 2. The van der Waals surface area contributed by atoms with E-state index < -0.39 is 0 Å². The molecule has 2 rings (SSSR count). The predicted molar refractivity (Wildman–Crippen MR) is 90.8 cm³/mol. The second kappa shape index (κ2) is 8.93. The highest BCUT2D eigenvalue weighted by atomic mass is 16.3. The molecule has 0 aromatic rings. The fourth-order valence-corrected chi connectivity index (χ4v) is 3.26. The molecule has 1 saturated heterocycles. The zero-order chi connectivity index (χ0) is 16.6. The van der Waals surface area contributed by atoms with Gasteiger partial charge in [0.15, 0.2) is 12.1 Å². The maximum Gasteiger partial charge on any atom is 0.185 e. The standard InChI is InChI=1S/C15H25N3O2.C2H6/c1-12(16-2)10-17-14(11-19)18-7-5-15(6-8-18)4-3-13(20)9-15;1-2/h10-11,13,16,20H,3-9H2,1-2H3;1-2H3/b12-10-,17-14?;. The Kier molecular flexibility index (Phi) is 7.59. The van der Waals surface area contributed by atoms with Crippen LogP contribution in [0.25, 0.3) is 0 Å². The molecule has 5 nitrogen and oxygen atoms in total. The van der Waals surface area contributed by atoms with Crippen molar-refractivity contribution < 1.29 is 9.90 Å². The molecule has 2 fully saturated rings. The van der Waals surface area contributed by atoms with Crippen molar-refractivity contribution in [1.82, 2.24) is 10.2 Å². The van der Waals surface area contributed by atoms with E-state index in [4.69, 9.17) is 0 Å². The number of carbonyl (C=O) groups is 1. The lowest BCUT2D eigenvalue weighted by molar-refractivity contribution is -0.103. The van der Waals surface area contributed by atoms with E-state index in [1.165, 1.54) is 0 Å². The van der Waals surface area contributed by atoms with Crippen molar-refractivity contribution in [2.45, 2.75) is 59.0 Å². The number of allylic oxidation sites excluding steroid dienone is 1. The SMILES string of the molecule is CC.CN/C(C)=C\N=C(C=O)N1CCC2(CCC(O)C2)CC1.